The van der Waals surface area contributed by atoms with Crippen molar-refractivity contribution >= 4 is 0 Å². The third kappa shape index (κ3) is 5.25. The standard InChI is InChI=1S/C12H24O4/c13-15-11-9-7-5-3-1-2-4-6-8-10-12(11)16-14/h11-14H,1-10H2. The highest BCUT2D eigenvalue weighted by molar-refractivity contribution is 4.70. The Kier molecular flexibility index (Phi) is 7.76. The van der Waals surface area contributed by atoms with Crippen LogP contribution in [0.5, 0.6) is 0 Å². The molecule has 1 fully saturated rings. The van der Waals surface area contributed by atoms with Crippen LogP contribution in [-0.4, -0.2) is 22.7 Å². The van der Waals surface area contributed by atoms with E-state index < -0.39 is 0 Å². The number of hydrogen-bond donors (Lipinski definition) is 2. The Hall–Kier alpha value is -0.160. The molecule has 0 heterocycles. The lowest BCUT2D eigenvalue weighted by atomic mass is 9.97. The largest absolute Gasteiger partial charge is 0.251 e. The minimum atomic E-state index is -0.385. The van der Waals surface area contributed by atoms with Crippen molar-refractivity contribution in [3.05, 3.63) is 0 Å². The molecule has 0 aromatic rings. The van der Waals surface area contributed by atoms with E-state index in [2.05, 4.69) is 9.78 Å². The van der Waals surface area contributed by atoms with Crippen molar-refractivity contribution in [1.29, 1.82) is 0 Å². The first kappa shape index (κ1) is 13.9. The molecule has 1 aliphatic carbocycles. The fourth-order valence-corrected chi connectivity index (χ4v) is 2.36. The van der Waals surface area contributed by atoms with E-state index in [9.17, 15) is 0 Å². The monoisotopic (exact) mass is 232 g/mol. The maximum Gasteiger partial charge on any atom is 0.122 e. The van der Waals surface area contributed by atoms with Crippen LogP contribution in [0.1, 0.15) is 64.2 Å². The molecule has 0 aromatic heterocycles. The summed E-state index contributed by atoms with van der Waals surface area (Å²) in [4.78, 5) is 8.83. The fourth-order valence-electron chi connectivity index (χ4n) is 2.36. The predicted octanol–water partition coefficient (Wildman–Crippen LogP) is 3.62. The molecule has 0 bridgehead atoms. The van der Waals surface area contributed by atoms with Crippen molar-refractivity contribution in [1.82, 2.24) is 0 Å². The molecule has 4 nitrogen and oxygen atoms in total. The summed E-state index contributed by atoms with van der Waals surface area (Å²) in [5.41, 5.74) is 0. The van der Waals surface area contributed by atoms with Crippen molar-refractivity contribution in [2.24, 2.45) is 0 Å². The Morgan fingerprint density at radius 3 is 1.19 bits per heavy atom. The van der Waals surface area contributed by atoms with Crippen LogP contribution in [0.25, 0.3) is 0 Å². The Balaban J connectivity index is 2.38. The quantitative estimate of drug-likeness (QED) is 0.564. The Morgan fingerprint density at radius 1 is 0.562 bits per heavy atom. The van der Waals surface area contributed by atoms with Crippen LogP contribution in [0.2, 0.25) is 0 Å². The predicted molar refractivity (Wildman–Crippen MR) is 61.2 cm³/mol. The van der Waals surface area contributed by atoms with Gasteiger partial charge in [0.15, 0.2) is 0 Å². The van der Waals surface area contributed by atoms with Crippen LogP contribution >= 0.6 is 0 Å². The van der Waals surface area contributed by atoms with Crippen LogP contribution in [0.4, 0.5) is 0 Å². The minimum absolute atomic E-state index is 0.385. The second-order valence-electron chi connectivity index (χ2n) is 4.69. The van der Waals surface area contributed by atoms with Crippen LogP contribution in [0, 0.1) is 0 Å². The van der Waals surface area contributed by atoms with Gasteiger partial charge in [0.05, 0.1) is 0 Å². The molecule has 1 rings (SSSR count). The molecule has 4 heteroatoms. The van der Waals surface area contributed by atoms with Gasteiger partial charge in [0.2, 0.25) is 0 Å². The van der Waals surface area contributed by atoms with Crippen molar-refractivity contribution < 1.29 is 20.3 Å². The highest BCUT2D eigenvalue weighted by Crippen LogP contribution is 2.20. The zero-order valence-corrected chi connectivity index (χ0v) is 9.94. The SMILES string of the molecule is OOC1CCCCCCCCCCC1OO. The highest BCUT2D eigenvalue weighted by atomic mass is 17.1. The zero-order valence-electron chi connectivity index (χ0n) is 9.94. The second-order valence-corrected chi connectivity index (χ2v) is 4.69. The smallest absolute Gasteiger partial charge is 0.122 e. The van der Waals surface area contributed by atoms with Crippen LogP contribution < -0.4 is 0 Å². The molecule has 0 aromatic carbocycles. The summed E-state index contributed by atoms with van der Waals surface area (Å²) in [7, 11) is 0. The van der Waals surface area contributed by atoms with Gasteiger partial charge in [0, 0.05) is 0 Å². The van der Waals surface area contributed by atoms with E-state index in [1.807, 2.05) is 0 Å². The van der Waals surface area contributed by atoms with Gasteiger partial charge in [0.25, 0.3) is 0 Å². The van der Waals surface area contributed by atoms with Crippen LogP contribution in [0.15, 0.2) is 0 Å². The van der Waals surface area contributed by atoms with E-state index in [-0.39, 0.29) is 12.2 Å². The topological polar surface area (TPSA) is 58.9 Å². The van der Waals surface area contributed by atoms with E-state index >= 15 is 0 Å². The average Bonchev–Trinajstić information content (AvgIpc) is 2.30. The lowest BCUT2D eigenvalue weighted by Crippen LogP contribution is -2.30. The van der Waals surface area contributed by atoms with Gasteiger partial charge in [-0.05, 0) is 12.8 Å². The molecule has 0 radical (unpaired) electrons. The molecule has 16 heavy (non-hydrogen) atoms. The van der Waals surface area contributed by atoms with Crippen molar-refractivity contribution in [3.8, 4) is 0 Å². The van der Waals surface area contributed by atoms with Crippen LogP contribution in [0.3, 0.4) is 0 Å². The molecular weight excluding hydrogens is 208 g/mol. The van der Waals surface area contributed by atoms with Gasteiger partial charge in [-0.25, -0.2) is 9.78 Å². The Morgan fingerprint density at radius 2 is 0.875 bits per heavy atom. The van der Waals surface area contributed by atoms with E-state index in [0.29, 0.717) is 0 Å². The fraction of sp³-hybridized carbons (Fsp3) is 1.00. The third-order valence-electron chi connectivity index (χ3n) is 3.41. The molecule has 0 saturated heterocycles. The van der Waals surface area contributed by atoms with Gasteiger partial charge >= 0.3 is 0 Å². The molecule has 2 unspecified atom stereocenters. The van der Waals surface area contributed by atoms with Crippen molar-refractivity contribution in [2.45, 2.75) is 76.4 Å². The molecule has 1 saturated carbocycles. The van der Waals surface area contributed by atoms with Gasteiger partial charge in [0.1, 0.15) is 12.2 Å². The second kappa shape index (κ2) is 8.93. The lowest BCUT2D eigenvalue weighted by molar-refractivity contribution is -0.356. The van der Waals surface area contributed by atoms with Gasteiger partial charge in [-0.3, -0.25) is 10.5 Å². The molecule has 96 valence electrons. The van der Waals surface area contributed by atoms with E-state index in [0.717, 1.165) is 38.5 Å². The molecule has 1 aliphatic rings. The molecule has 0 spiro atoms. The summed E-state index contributed by atoms with van der Waals surface area (Å²) < 4.78 is 0. The van der Waals surface area contributed by atoms with Gasteiger partial charge < -0.3 is 0 Å². The maximum atomic E-state index is 8.81. The maximum absolute atomic E-state index is 8.81. The molecule has 0 amide bonds. The summed E-state index contributed by atoms with van der Waals surface area (Å²) in [5.74, 6) is 0. The molecule has 2 N–H and O–H groups in total. The minimum Gasteiger partial charge on any atom is -0.251 e. The van der Waals surface area contributed by atoms with E-state index in [4.69, 9.17) is 10.5 Å². The van der Waals surface area contributed by atoms with Gasteiger partial charge in [-0.1, -0.05) is 51.4 Å². The first-order chi connectivity index (χ1) is 7.88. The molecular formula is C12H24O4. The first-order valence-corrected chi connectivity index (χ1v) is 6.49. The lowest BCUT2D eigenvalue weighted by Gasteiger charge is -2.22. The Bertz CT molecular complexity index is 145. The zero-order chi connectivity index (χ0) is 11.6. The van der Waals surface area contributed by atoms with E-state index in [1.54, 1.807) is 0 Å². The van der Waals surface area contributed by atoms with Gasteiger partial charge in [-0.15, -0.1) is 0 Å². The third-order valence-corrected chi connectivity index (χ3v) is 3.41. The highest BCUT2D eigenvalue weighted by Gasteiger charge is 2.23. The summed E-state index contributed by atoms with van der Waals surface area (Å²) in [6.45, 7) is 0. The van der Waals surface area contributed by atoms with Gasteiger partial charge in [-0.2, -0.15) is 0 Å². The molecule has 0 aliphatic heterocycles. The summed E-state index contributed by atoms with van der Waals surface area (Å²) in [6, 6.07) is 0. The summed E-state index contributed by atoms with van der Waals surface area (Å²) >= 11 is 0. The number of hydrogen-bond acceptors (Lipinski definition) is 4. The Labute approximate surface area is 97.4 Å². The first-order valence-electron chi connectivity index (χ1n) is 6.49. The normalized spacial score (nSPS) is 30.4. The summed E-state index contributed by atoms with van der Waals surface area (Å²) in [6.07, 6.45) is 10.2. The van der Waals surface area contributed by atoms with Crippen molar-refractivity contribution in [2.75, 3.05) is 0 Å². The van der Waals surface area contributed by atoms with Crippen molar-refractivity contribution in [3.63, 3.8) is 0 Å². The van der Waals surface area contributed by atoms with E-state index in [1.165, 1.54) is 25.7 Å². The number of rotatable bonds is 2. The van der Waals surface area contributed by atoms with Crippen LogP contribution in [-0.2, 0) is 9.78 Å². The average molecular weight is 232 g/mol. The molecule has 2 atom stereocenters. The summed E-state index contributed by atoms with van der Waals surface area (Å²) in [5, 5.41) is 17.6.